The van der Waals surface area contributed by atoms with Crippen LogP contribution in [0.15, 0.2) is 53.4 Å². The largest absolute Gasteiger partial charge is 0.507 e. The number of ketones is 1. The number of aryl methyl sites for hydroxylation is 3. The van der Waals surface area contributed by atoms with Gasteiger partial charge in [0.05, 0.1) is 18.2 Å². The number of thiophene rings is 1. The van der Waals surface area contributed by atoms with E-state index in [2.05, 4.69) is 0 Å². The van der Waals surface area contributed by atoms with Gasteiger partial charge in [-0.25, -0.2) is 0 Å². The molecule has 5 nitrogen and oxygen atoms in total. The Morgan fingerprint density at radius 3 is 2.41 bits per heavy atom. The Morgan fingerprint density at radius 2 is 1.78 bits per heavy atom. The van der Waals surface area contributed by atoms with Crippen molar-refractivity contribution in [1.29, 1.82) is 0 Å². The van der Waals surface area contributed by atoms with E-state index >= 15 is 0 Å². The van der Waals surface area contributed by atoms with E-state index in [0.29, 0.717) is 16.5 Å². The Bertz CT molecular complexity index is 1280. The van der Waals surface area contributed by atoms with Crippen molar-refractivity contribution in [2.45, 2.75) is 26.8 Å². The second-order valence-corrected chi connectivity index (χ2v) is 9.13. The van der Waals surface area contributed by atoms with Crippen LogP contribution in [0.2, 0.25) is 5.02 Å². The standard InChI is InChI=1S/C25H22ClNO4S/c1-13-5-7-17(11-15(13)3)27-21(24-14(2)9-10-32-24)20(23(29)25(27)30)22(28)18-12-16(26)6-8-19(18)31-4/h5-12,21,28H,1-4H3/b22-20-. The molecule has 1 aliphatic heterocycles. The second kappa shape index (κ2) is 8.45. The van der Waals surface area contributed by atoms with Crippen LogP contribution in [-0.4, -0.2) is 23.9 Å². The van der Waals surface area contributed by atoms with Crippen LogP contribution < -0.4 is 9.64 Å². The van der Waals surface area contributed by atoms with Crippen LogP contribution in [-0.2, 0) is 9.59 Å². The number of hydrogen-bond acceptors (Lipinski definition) is 5. The molecule has 0 aliphatic carbocycles. The van der Waals surface area contributed by atoms with Crippen LogP contribution in [0.1, 0.15) is 33.2 Å². The molecule has 2 heterocycles. The van der Waals surface area contributed by atoms with Crippen molar-refractivity contribution in [2.75, 3.05) is 12.0 Å². The first-order chi connectivity index (χ1) is 15.2. The van der Waals surface area contributed by atoms with E-state index in [-0.39, 0.29) is 16.9 Å². The number of anilines is 1. The van der Waals surface area contributed by atoms with Crippen LogP contribution in [0.25, 0.3) is 5.76 Å². The summed E-state index contributed by atoms with van der Waals surface area (Å²) < 4.78 is 5.37. The van der Waals surface area contributed by atoms with Gasteiger partial charge in [0.15, 0.2) is 0 Å². The lowest BCUT2D eigenvalue weighted by molar-refractivity contribution is -0.132. The molecule has 1 saturated heterocycles. The van der Waals surface area contributed by atoms with Crippen LogP contribution >= 0.6 is 22.9 Å². The highest BCUT2D eigenvalue weighted by molar-refractivity contribution is 7.10. The lowest BCUT2D eigenvalue weighted by atomic mass is 9.97. The Balaban J connectivity index is 2.00. The number of nitrogens with zero attached hydrogens (tertiary/aromatic N) is 1. The van der Waals surface area contributed by atoms with Gasteiger partial charge >= 0.3 is 0 Å². The number of aliphatic hydroxyl groups is 1. The van der Waals surface area contributed by atoms with Gasteiger partial charge in [-0.15, -0.1) is 11.3 Å². The van der Waals surface area contributed by atoms with Gasteiger partial charge < -0.3 is 9.84 Å². The molecule has 1 unspecified atom stereocenters. The summed E-state index contributed by atoms with van der Waals surface area (Å²) in [5.41, 5.74) is 3.89. The molecule has 164 valence electrons. The number of ether oxygens (including phenoxy) is 1. The first kappa shape index (κ1) is 22.1. The highest BCUT2D eigenvalue weighted by Gasteiger charge is 2.48. The van der Waals surface area contributed by atoms with Crippen LogP contribution in [0, 0.1) is 20.8 Å². The molecular weight excluding hydrogens is 446 g/mol. The van der Waals surface area contributed by atoms with Crippen LogP contribution in [0.3, 0.4) is 0 Å². The third-order valence-electron chi connectivity index (χ3n) is 5.78. The van der Waals surface area contributed by atoms with E-state index in [1.165, 1.54) is 29.4 Å². The number of halogens is 1. The molecular formula is C25H22ClNO4S. The number of rotatable bonds is 4. The van der Waals surface area contributed by atoms with Gasteiger partial charge in [0, 0.05) is 15.6 Å². The summed E-state index contributed by atoms with van der Waals surface area (Å²) in [4.78, 5) is 28.8. The maximum Gasteiger partial charge on any atom is 0.300 e. The zero-order valence-electron chi connectivity index (χ0n) is 18.1. The molecule has 32 heavy (non-hydrogen) atoms. The number of amides is 1. The number of carbonyl (C=O) groups is 2. The van der Waals surface area contributed by atoms with E-state index in [0.717, 1.165) is 21.6 Å². The van der Waals surface area contributed by atoms with Crippen molar-refractivity contribution in [3.63, 3.8) is 0 Å². The lowest BCUT2D eigenvalue weighted by Gasteiger charge is -2.25. The quantitative estimate of drug-likeness (QED) is 0.292. The summed E-state index contributed by atoms with van der Waals surface area (Å²) >= 11 is 7.60. The van der Waals surface area contributed by atoms with Gasteiger partial charge in [-0.1, -0.05) is 17.7 Å². The number of Topliss-reactive ketones (excluding diaryl/α,β-unsaturated/α-hetero) is 1. The fraction of sp³-hybridized carbons (Fsp3) is 0.200. The minimum Gasteiger partial charge on any atom is -0.507 e. The van der Waals surface area contributed by atoms with Crippen molar-refractivity contribution in [3.8, 4) is 5.75 Å². The van der Waals surface area contributed by atoms with Gasteiger partial charge in [-0.3, -0.25) is 14.5 Å². The molecule has 4 rings (SSSR count). The van der Waals surface area contributed by atoms with E-state index < -0.39 is 17.7 Å². The predicted octanol–water partition coefficient (Wildman–Crippen LogP) is 5.96. The molecule has 3 aromatic rings. The van der Waals surface area contributed by atoms with Crippen molar-refractivity contribution in [1.82, 2.24) is 0 Å². The molecule has 1 aromatic heterocycles. The zero-order valence-corrected chi connectivity index (χ0v) is 19.7. The molecule has 0 saturated carbocycles. The Morgan fingerprint density at radius 1 is 1.03 bits per heavy atom. The van der Waals surface area contributed by atoms with Gasteiger partial charge in [0.2, 0.25) is 0 Å². The number of benzene rings is 2. The smallest absolute Gasteiger partial charge is 0.300 e. The average Bonchev–Trinajstić information content (AvgIpc) is 3.30. The van der Waals surface area contributed by atoms with Gasteiger partial charge in [-0.05, 0) is 79.2 Å². The third kappa shape index (κ3) is 3.59. The van der Waals surface area contributed by atoms with E-state index in [1.54, 1.807) is 12.1 Å². The van der Waals surface area contributed by atoms with Gasteiger partial charge in [0.1, 0.15) is 17.6 Å². The average molecular weight is 468 g/mol. The van der Waals surface area contributed by atoms with E-state index in [1.807, 2.05) is 50.4 Å². The number of methoxy groups -OCH3 is 1. The normalized spacial score (nSPS) is 17.8. The molecule has 2 aromatic carbocycles. The SMILES string of the molecule is COc1ccc(Cl)cc1/C(O)=C1/C(=O)C(=O)N(c2ccc(C)c(C)c2)C1c1sccc1C. The lowest BCUT2D eigenvalue weighted by Crippen LogP contribution is -2.29. The Kier molecular flexibility index (Phi) is 5.84. The number of aliphatic hydroxyl groups excluding tert-OH is 1. The van der Waals surface area contributed by atoms with Crippen LogP contribution in [0.5, 0.6) is 5.75 Å². The summed E-state index contributed by atoms with van der Waals surface area (Å²) in [5.74, 6) is -1.40. The maximum absolute atomic E-state index is 13.3. The van der Waals surface area contributed by atoms with Gasteiger partial charge in [-0.2, -0.15) is 0 Å². The third-order valence-corrected chi connectivity index (χ3v) is 7.09. The van der Waals surface area contributed by atoms with E-state index in [9.17, 15) is 14.7 Å². The first-order valence-electron chi connectivity index (χ1n) is 10.0. The summed E-state index contributed by atoms with van der Waals surface area (Å²) in [6, 6.07) is 11.6. The minimum absolute atomic E-state index is 0.0133. The molecule has 1 aliphatic rings. The summed E-state index contributed by atoms with van der Waals surface area (Å²) in [7, 11) is 1.47. The fourth-order valence-electron chi connectivity index (χ4n) is 3.90. The Hall–Kier alpha value is -3.09. The topological polar surface area (TPSA) is 66.8 Å². The monoisotopic (exact) mass is 467 g/mol. The minimum atomic E-state index is -0.763. The predicted molar refractivity (Wildman–Crippen MR) is 128 cm³/mol. The Labute approximate surface area is 195 Å². The van der Waals surface area contributed by atoms with Gasteiger partial charge in [0.25, 0.3) is 11.7 Å². The molecule has 0 bridgehead atoms. The maximum atomic E-state index is 13.3. The van der Waals surface area contributed by atoms with Crippen LogP contribution in [0.4, 0.5) is 5.69 Å². The number of hydrogen-bond donors (Lipinski definition) is 1. The molecule has 0 radical (unpaired) electrons. The summed E-state index contributed by atoms with van der Waals surface area (Å²) in [5, 5.41) is 13.6. The summed E-state index contributed by atoms with van der Waals surface area (Å²) in [6.45, 7) is 5.86. The van der Waals surface area contributed by atoms with Crippen molar-refractivity contribution in [2.24, 2.45) is 0 Å². The highest BCUT2D eigenvalue weighted by Crippen LogP contribution is 2.46. The van der Waals surface area contributed by atoms with Crippen molar-refractivity contribution < 1.29 is 19.4 Å². The molecule has 1 amide bonds. The molecule has 1 atom stereocenters. The molecule has 0 spiro atoms. The molecule has 1 fully saturated rings. The van der Waals surface area contributed by atoms with Crippen molar-refractivity contribution >= 4 is 46.1 Å². The second-order valence-electron chi connectivity index (χ2n) is 7.75. The fourth-order valence-corrected chi connectivity index (χ4v) is 5.09. The highest BCUT2D eigenvalue weighted by atomic mass is 35.5. The molecule has 1 N–H and O–H groups in total. The molecule has 7 heteroatoms. The summed E-state index contributed by atoms with van der Waals surface area (Å²) in [6.07, 6.45) is 0. The first-order valence-corrected chi connectivity index (χ1v) is 11.3. The number of carbonyl (C=O) groups excluding carboxylic acids is 2. The zero-order chi connectivity index (χ0) is 23.2. The van der Waals surface area contributed by atoms with Crippen molar-refractivity contribution in [3.05, 3.63) is 85.6 Å². The van der Waals surface area contributed by atoms with E-state index in [4.69, 9.17) is 16.3 Å².